The number of fused-ring (bicyclic) bond motifs is 2. The highest BCUT2D eigenvalue weighted by Crippen LogP contribution is 2.38. The van der Waals surface area contributed by atoms with Gasteiger partial charge in [-0.25, -0.2) is 9.79 Å². The molecule has 0 N–H and O–H groups in total. The van der Waals surface area contributed by atoms with Crippen molar-refractivity contribution in [1.82, 2.24) is 4.57 Å². The molecule has 0 bridgehead atoms. The van der Waals surface area contributed by atoms with Gasteiger partial charge in [0, 0.05) is 11.6 Å². The van der Waals surface area contributed by atoms with Crippen molar-refractivity contribution < 1.29 is 28.9 Å². The summed E-state index contributed by atoms with van der Waals surface area (Å²) in [5, 5.41) is 23.4. The van der Waals surface area contributed by atoms with E-state index in [0.29, 0.717) is 16.9 Å². The summed E-state index contributed by atoms with van der Waals surface area (Å²) in [6.45, 7) is 4.78. The third kappa shape index (κ3) is 4.44. The van der Waals surface area contributed by atoms with Gasteiger partial charge in [0.25, 0.3) is 16.9 Å². The first-order chi connectivity index (χ1) is 18.6. The van der Waals surface area contributed by atoms with Gasteiger partial charge in [0.2, 0.25) is 6.79 Å². The Kier molecular flexibility index (Phi) is 6.48. The minimum absolute atomic E-state index is 0.0583. The highest BCUT2D eigenvalue weighted by molar-refractivity contribution is 7.07. The molecule has 0 spiro atoms. The van der Waals surface area contributed by atoms with E-state index in [1.165, 1.54) is 34.9 Å². The molecule has 14 heteroatoms. The topological polar surface area (TPSA) is 165 Å². The van der Waals surface area contributed by atoms with Gasteiger partial charge < -0.3 is 14.2 Å². The van der Waals surface area contributed by atoms with Gasteiger partial charge in [-0.15, -0.1) is 0 Å². The molecular formula is C25H20N4O9S. The number of hydrogen-bond donors (Lipinski definition) is 0. The third-order valence-corrected chi connectivity index (χ3v) is 7.25. The molecule has 3 heterocycles. The molecule has 0 saturated heterocycles. The predicted octanol–water partition coefficient (Wildman–Crippen LogP) is 2.65. The number of aromatic nitrogens is 1. The highest BCUT2D eigenvalue weighted by atomic mass is 32.1. The Hall–Kier alpha value is -4.85. The van der Waals surface area contributed by atoms with Crippen LogP contribution in [0.2, 0.25) is 0 Å². The van der Waals surface area contributed by atoms with Crippen molar-refractivity contribution in [1.29, 1.82) is 0 Å². The van der Waals surface area contributed by atoms with Gasteiger partial charge >= 0.3 is 5.97 Å². The molecule has 0 unspecified atom stereocenters. The minimum atomic E-state index is -1.08. The van der Waals surface area contributed by atoms with Crippen LogP contribution in [0.5, 0.6) is 11.5 Å². The maximum absolute atomic E-state index is 13.8. The molecule has 2 aliphatic rings. The largest absolute Gasteiger partial charge is 0.463 e. The van der Waals surface area contributed by atoms with Crippen LogP contribution < -0.4 is 24.4 Å². The zero-order chi connectivity index (χ0) is 28.0. The quantitative estimate of drug-likeness (QED) is 0.254. The summed E-state index contributed by atoms with van der Waals surface area (Å²) in [5.41, 5.74) is 0.108. The Morgan fingerprint density at radius 3 is 2.51 bits per heavy atom. The van der Waals surface area contributed by atoms with Crippen molar-refractivity contribution >= 4 is 34.8 Å². The number of hydrogen-bond acceptors (Lipinski definition) is 11. The van der Waals surface area contributed by atoms with Crippen LogP contribution in [0.15, 0.2) is 51.4 Å². The number of nitrogens with zero attached hydrogens (tertiary/aromatic N) is 4. The summed E-state index contributed by atoms with van der Waals surface area (Å²) in [6, 6.07) is 6.02. The van der Waals surface area contributed by atoms with Crippen LogP contribution in [-0.2, 0) is 9.53 Å². The van der Waals surface area contributed by atoms with E-state index < -0.39 is 27.4 Å². The second-order valence-electron chi connectivity index (χ2n) is 8.63. The van der Waals surface area contributed by atoms with Crippen LogP contribution in [-0.4, -0.2) is 33.8 Å². The molecule has 2 aliphatic heterocycles. The van der Waals surface area contributed by atoms with Crippen LogP contribution in [0.4, 0.5) is 11.4 Å². The number of nitro groups is 2. The Labute approximate surface area is 223 Å². The Morgan fingerprint density at radius 2 is 1.85 bits per heavy atom. The molecule has 1 atom stereocenters. The molecule has 0 amide bonds. The van der Waals surface area contributed by atoms with Crippen molar-refractivity contribution in [2.45, 2.75) is 26.8 Å². The van der Waals surface area contributed by atoms with E-state index in [9.17, 15) is 29.8 Å². The fourth-order valence-electron chi connectivity index (χ4n) is 4.46. The average Bonchev–Trinajstić information content (AvgIpc) is 3.46. The number of nitro benzene ring substituents is 2. The standard InChI is InChI=1S/C25H20N4O9S/c1-4-36-24(31)21-13(3)26-25-27(22(21)14-6-5-12(2)16(7-14)28(32)33)23(30)20(39-25)9-15-8-18-19(38-11-37-18)10-17(15)29(34)35/h5-10,22H,4,11H2,1-3H3/b20-9+/t22-/m0/s1. The Bertz CT molecular complexity index is 1790. The number of thiazole rings is 1. The lowest BCUT2D eigenvalue weighted by Gasteiger charge is -2.24. The summed E-state index contributed by atoms with van der Waals surface area (Å²) in [5.74, 6) is -0.200. The first kappa shape index (κ1) is 25.8. The number of aryl methyl sites for hydroxylation is 1. The maximum atomic E-state index is 13.8. The van der Waals surface area contributed by atoms with E-state index in [-0.39, 0.29) is 56.7 Å². The fraction of sp³-hybridized carbons (Fsp3) is 0.240. The van der Waals surface area contributed by atoms with Gasteiger partial charge in [-0.2, -0.15) is 0 Å². The molecule has 2 aromatic carbocycles. The van der Waals surface area contributed by atoms with E-state index in [0.717, 1.165) is 11.3 Å². The van der Waals surface area contributed by atoms with Gasteiger partial charge in [0.1, 0.15) is 0 Å². The SMILES string of the molecule is CCOC(=O)C1=C(C)N=c2s/c(=C/c3cc4c(cc3[N+](=O)[O-])OCO4)c(=O)n2[C@H]1c1ccc(C)c([N+](=O)[O-])c1. The van der Waals surface area contributed by atoms with Crippen molar-refractivity contribution in [3.63, 3.8) is 0 Å². The number of rotatable bonds is 6. The molecule has 0 fully saturated rings. The van der Waals surface area contributed by atoms with E-state index in [1.807, 2.05) is 0 Å². The summed E-state index contributed by atoms with van der Waals surface area (Å²) < 4.78 is 17.2. The molecule has 39 heavy (non-hydrogen) atoms. The predicted molar refractivity (Wildman–Crippen MR) is 137 cm³/mol. The first-order valence-corrected chi connectivity index (χ1v) is 12.4. The number of ether oxygens (including phenoxy) is 3. The first-order valence-electron chi connectivity index (χ1n) is 11.6. The second kappa shape index (κ2) is 9.79. The van der Waals surface area contributed by atoms with Crippen LogP contribution in [0, 0.1) is 27.2 Å². The van der Waals surface area contributed by atoms with Gasteiger partial charge in [-0.05, 0) is 38.5 Å². The van der Waals surface area contributed by atoms with E-state index in [2.05, 4.69) is 4.99 Å². The molecule has 13 nitrogen and oxygen atoms in total. The fourth-order valence-corrected chi connectivity index (χ4v) is 5.50. The lowest BCUT2D eigenvalue weighted by Crippen LogP contribution is -2.40. The van der Waals surface area contributed by atoms with Gasteiger partial charge in [0.15, 0.2) is 16.3 Å². The number of esters is 1. The summed E-state index contributed by atoms with van der Waals surface area (Å²) in [4.78, 5) is 53.7. The van der Waals surface area contributed by atoms with Crippen molar-refractivity contribution in [2.75, 3.05) is 13.4 Å². The zero-order valence-electron chi connectivity index (χ0n) is 20.8. The number of carbonyl (C=O) groups excluding carboxylic acids is 1. The summed E-state index contributed by atoms with van der Waals surface area (Å²) in [6.07, 6.45) is 1.35. The molecular weight excluding hydrogens is 532 g/mol. The number of benzene rings is 2. The number of allylic oxidation sites excluding steroid dienone is 1. The lowest BCUT2D eigenvalue weighted by atomic mass is 9.94. The van der Waals surface area contributed by atoms with Crippen LogP contribution in [0.25, 0.3) is 6.08 Å². The molecule has 5 rings (SSSR count). The van der Waals surface area contributed by atoms with Crippen molar-refractivity contribution in [3.8, 4) is 11.5 Å². The van der Waals surface area contributed by atoms with Crippen molar-refractivity contribution in [3.05, 3.63) is 98.2 Å². The van der Waals surface area contributed by atoms with E-state index in [1.54, 1.807) is 26.8 Å². The zero-order valence-corrected chi connectivity index (χ0v) is 21.6. The van der Waals surface area contributed by atoms with Gasteiger partial charge in [-0.3, -0.25) is 29.6 Å². The highest BCUT2D eigenvalue weighted by Gasteiger charge is 2.34. The van der Waals surface area contributed by atoms with Gasteiger partial charge in [-0.1, -0.05) is 23.5 Å². The van der Waals surface area contributed by atoms with Crippen LogP contribution in [0.3, 0.4) is 0 Å². The monoisotopic (exact) mass is 552 g/mol. The Balaban J connectivity index is 1.76. The molecule has 3 aromatic rings. The average molecular weight is 553 g/mol. The molecule has 1 aromatic heterocycles. The van der Waals surface area contributed by atoms with E-state index >= 15 is 0 Å². The maximum Gasteiger partial charge on any atom is 0.338 e. The lowest BCUT2D eigenvalue weighted by molar-refractivity contribution is -0.385. The second-order valence-corrected chi connectivity index (χ2v) is 9.64. The smallest absolute Gasteiger partial charge is 0.338 e. The van der Waals surface area contributed by atoms with Crippen LogP contribution >= 0.6 is 11.3 Å². The number of carbonyl (C=O) groups is 1. The van der Waals surface area contributed by atoms with Crippen LogP contribution in [0.1, 0.15) is 36.6 Å². The minimum Gasteiger partial charge on any atom is -0.463 e. The summed E-state index contributed by atoms with van der Waals surface area (Å²) >= 11 is 0.967. The molecule has 200 valence electrons. The molecule has 0 radical (unpaired) electrons. The van der Waals surface area contributed by atoms with Crippen molar-refractivity contribution in [2.24, 2.45) is 4.99 Å². The normalized spacial score (nSPS) is 16.1. The Morgan fingerprint density at radius 1 is 1.15 bits per heavy atom. The third-order valence-electron chi connectivity index (χ3n) is 6.27. The van der Waals surface area contributed by atoms with Gasteiger partial charge in [0.05, 0.1) is 49.9 Å². The molecule has 0 saturated carbocycles. The molecule has 0 aliphatic carbocycles. The summed E-state index contributed by atoms with van der Waals surface area (Å²) in [7, 11) is 0. The van der Waals surface area contributed by atoms with E-state index in [4.69, 9.17) is 14.2 Å².